The van der Waals surface area contributed by atoms with Gasteiger partial charge in [-0.2, -0.15) is 18.4 Å². The average molecular weight is 248 g/mol. The van der Waals surface area contributed by atoms with Gasteiger partial charge in [0.05, 0.1) is 6.07 Å². The molecule has 0 aromatic rings. The molecule has 17 heavy (non-hydrogen) atoms. The van der Waals surface area contributed by atoms with Gasteiger partial charge in [0.2, 0.25) is 5.91 Å². The van der Waals surface area contributed by atoms with Gasteiger partial charge in [0, 0.05) is 6.54 Å². The van der Waals surface area contributed by atoms with Gasteiger partial charge in [0.25, 0.3) is 0 Å². The van der Waals surface area contributed by atoms with E-state index in [2.05, 4.69) is 0 Å². The first-order chi connectivity index (χ1) is 7.84. The number of carbonyl (C=O) groups excluding carboxylic acids is 1. The standard InChI is InChI=1S/C11H15F3N2O/c1-2-16(8-11(12,13)14)9(17)10(7-15)5-3-4-6-10/h2-6,8H2,1H3. The van der Waals surface area contributed by atoms with E-state index < -0.39 is 24.0 Å². The normalized spacial score (nSPS) is 18.8. The smallest absolute Gasteiger partial charge is 0.332 e. The van der Waals surface area contributed by atoms with Crippen LogP contribution in [0.2, 0.25) is 0 Å². The molecule has 0 N–H and O–H groups in total. The monoisotopic (exact) mass is 248 g/mol. The molecule has 6 heteroatoms. The summed E-state index contributed by atoms with van der Waals surface area (Å²) >= 11 is 0. The van der Waals surface area contributed by atoms with E-state index >= 15 is 0 Å². The second-order valence-electron chi connectivity index (χ2n) is 4.34. The van der Waals surface area contributed by atoms with Crippen molar-refractivity contribution in [3.8, 4) is 6.07 Å². The summed E-state index contributed by atoms with van der Waals surface area (Å²) in [5.41, 5.74) is -1.22. The number of hydrogen-bond donors (Lipinski definition) is 0. The van der Waals surface area contributed by atoms with Crippen LogP contribution in [-0.2, 0) is 4.79 Å². The minimum atomic E-state index is -4.42. The van der Waals surface area contributed by atoms with Crippen molar-refractivity contribution in [2.45, 2.75) is 38.8 Å². The van der Waals surface area contributed by atoms with Crippen LogP contribution >= 0.6 is 0 Å². The Balaban J connectivity index is 2.82. The van der Waals surface area contributed by atoms with E-state index in [0.717, 1.165) is 17.7 Å². The first-order valence-electron chi connectivity index (χ1n) is 5.62. The first kappa shape index (κ1) is 13.8. The topological polar surface area (TPSA) is 44.1 Å². The molecule has 0 bridgehead atoms. The molecule has 1 fully saturated rings. The molecule has 0 unspecified atom stereocenters. The maximum atomic E-state index is 12.3. The summed E-state index contributed by atoms with van der Waals surface area (Å²) in [6.45, 7) is 0.192. The molecular weight excluding hydrogens is 233 g/mol. The summed E-state index contributed by atoms with van der Waals surface area (Å²) in [6.07, 6.45) is -2.22. The second kappa shape index (κ2) is 4.94. The van der Waals surface area contributed by atoms with Crippen molar-refractivity contribution in [2.75, 3.05) is 13.1 Å². The van der Waals surface area contributed by atoms with Crippen LogP contribution in [-0.4, -0.2) is 30.1 Å². The van der Waals surface area contributed by atoms with Gasteiger partial charge in [-0.05, 0) is 19.8 Å². The van der Waals surface area contributed by atoms with Crippen LogP contribution in [0.15, 0.2) is 0 Å². The lowest BCUT2D eigenvalue weighted by Gasteiger charge is -2.29. The van der Waals surface area contributed by atoms with Crippen LogP contribution in [0, 0.1) is 16.7 Å². The molecule has 0 aliphatic heterocycles. The largest absolute Gasteiger partial charge is 0.406 e. The van der Waals surface area contributed by atoms with Crippen molar-refractivity contribution in [1.82, 2.24) is 4.90 Å². The number of carbonyl (C=O) groups is 1. The third-order valence-corrected chi connectivity index (χ3v) is 3.12. The predicted octanol–water partition coefficient (Wildman–Crippen LogP) is 2.48. The first-order valence-corrected chi connectivity index (χ1v) is 5.62. The third kappa shape index (κ3) is 3.11. The predicted molar refractivity (Wildman–Crippen MR) is 54.8 cm³/mol. The summed E-state index contributed by atoms with van der Waals surface area (Å²) in [6, 6.07) is 1.92. The fraction of sp³-hybridized carbons (Fsp3) is 0.818. The van der Waals surface area contributed by atoms with Crippen LogP contribution in [0.1, 0.15) is 32.6 Å². The van der Waals surface area contributed by atoms with Crippen LogP contribution in [0.4, 0.5) is 13.2 Å². The van der Waals surface area contributed by atoms with E-state index in [1.807, 2.05) is 6.07 Å². The highest BCUT2D eigenvalue weighted by molar-refractivity contribution is 5.85. The molecule has 3 nitrogen and oxygen atoms in total. The van der Waals surface area contributed by atoms with Crippen molar-refractivity contribution in [1.29, 1.82) is 5.26 Å². The molecule has 1 amide bonds. The number of nitriles is 1. The number of amides is 1. The summed E-state index contributed by atoms with van der Waals surface area (Å²) in [5, 5.41) is 9.05. The van der Waals surface area contributed by atoms with Gasteiger partial charge in [0.15, 0.2) is 0 Å². The number of alkyl halides is 3. The van der Waals surface area contributed by atoms with Crippen LogP contribution in [0.25, 0.3) is 0 Å². The zero-order chi connectivity index (χ0) is 13.1. The molecule has 1 rings (SSSR count). The second-order valence-corrected chi connectivity index (χ2v) is 4.34. The Bertz CT molecular complexity index is 327. The Morgan fingerprint density at radius 2 is 1.94 bits per heavy atom. The highest BCUT2D eigenvalue weighted by Gasteiger charge is 2.45. The van der Waals surface area contributed by atoms with Gasteiger partial charge in [-0.1, -0.05) is 12.8 Å². The summed E-state index contributed by atoms with van der Waals surface area (Å²) in [7, 11) is 0. The quantitative estimate of drug-likeness (QED) is 0.770. The number of nitrogens with zero attached hydrogens (tertiary/aromatic N) is 2. The van der Waals surface area contributed by atoms with Crippen molar-refractivity contribution in [3.63, 3.8) is 0 Å². The highest BCUT2D eigenvalue weighted by atomic mass is 19.4. The summed E-state index contributed by atoms with van der Waals surface area (Å²) in [4.78, 5) is 12.7. The number of halogens is 3. The zero-order valence-electron chi connectivity index (χ0n) is 9.68. The van der Waals surface area contributed by atoms with E-state index in [0.29, 0.717) is 12.8 Å². The number of rotatable bonds is 3. The lowest BCUT2D eigenvalue weighted by Crippen LogP contribution is -2.46. The Hall–Kier alpha value is -1.25. The molecule has 0 spiro atoms. The molecule has 0 heterocycles. The lowest BCUT2D eigenvalue weighted by molar-refractivity contribution is -0.165. The van der Waals surface area contributed by atoms with Gasteiger partial charge < -0.3 is 4.90 Å². The molecule has 0 atom stereocenters. The Kier molecular flexibility index (Phi) is 4.02. The maximum Gasteiger partial charge on any atom is 0.406 e. The Morgan fingerprint density at radius 3 is 2.29 bits per heavy atom. The van der Waals surface area contributed by atoms with Crippen molar-refractivity contribution in [2.24, 2.45) is 5.41 Å². The van der Waals surface area contributed by atoms with Crippen LogP contribution in [0.5, 0.6) is 0 Å². The van der Waals surface area contributed by atoms with E-state index in [9.17, 15) is 18.0 Å². The fourth-order valence-electron chi connectivity index (χ4n) is 2.20. The minimum Gasteiger partial charge on any atom is -0.332 e. The molecule has 96 valence electrons. The fourth-order valence-corrected chi connectivity index (χ4v) is 2.20. The maximum absolute atomic E-state index is 12.3. The van der Waals surface area contributed by atoms with E-state index in [4.69, 9.17) is 5.26 Å². The third-order valence-electron chi connectivity index (χ3n) is 3.12. The molecule has 0 radical (unpaired) electrons. The van der Waals surface area contributed by atoms with E-state index in [1.54, 1.807) is 0 Å². The summed E-state index contributed by atoms with van der Waals surface area (Å²) in [5.74, 6) is -0.669. The Morgan fingerprint density at radius 1 is 1.41 bits per heavy atom. The average Bonchev–Trinajstić information content (AvgIpc) is 2.73. The van der Waals surface area contributed by atoms with E-state index in [-0.39, 0.29) is 6.54 Å². The lowest BCUT2D eigenvalue weighted by atomic mass is 9.86. The molecule has 1 aliphatic rings. The van der Waals surface area contributed by atoms with Gasteiger partial charge in [-0.25, -0.2) is 0 Å². The SMILES string of the molecule is CCN(CC(F)(F)F)C(=O)C1(C#N)CCCC1. The molecule has 0 saturated heterocycles. The van der Waals surface area contributed by atoms with Gasteiger partial charge in [-0.15, -0.1) is 0 Å². The van der Waals surface area contributed by atoms with Gasteiger partial charge in [-0.3, -0.25) is 4.79 Å². The number of hydrogen-bond acceptors (Lipinski definition) is 2. The molecule has 1 saturated carbocycles. The summed E-state index contributed by atoms with van der Waals surface area (Å²) < 4.78 is 36.9. The van der Waals surface area contributed by atoms with Gasteiger partial charge in [0.1, 0.15) is 12.0 Å². The highest BCUT2D eigenvalue weighted by Crippen LogP contribution is 2.39. The zero-order valence-corrected chi connectivity index (χ0v) is 9.68. The van der Waals surface area contributed by atoms with Gasteiger partial charge >= 0.3 is 6.18 Å². The molecular formula is C11H15F3N2O. The molecule has 0 aromatic heterocycles. The van der Waals surface area contributed by atoms with Crippen LogP contribution in [0.3, 0.4) is 0 Å². The van der Waals surface area contributed by atoms with Crippen molar-refractivity contribution < 1.29 is 18.0 Å². The Labute approximate surface area is 98.2 Å². The van der Waals surface area contributed by atoms with E-state index in [1.165, 1.54) is 6.92 Å². The minimum absolute atomic E-state index is 0.0260. The van der Waals surface area contributed by atoms with Crippen molar-refractivity contribution in [3.05, 3.63) is 0 Å². The molecule has 1 aliphatic carbocycles. The molecule has 0 aromatic carbocycles. The van der Waals surface area contributed by atoms with Crippen molar-refractivity contribution >= 4 is 5.91 Å². The van der Waals surface area contributed by atoms with Crippen LogP contribution < -0.4 is 0 Å².